The van der Waals surface area contributed by atoms with Gasteiger partial charge in [0.25, 0.3) is 5.91 Å². The largest absolute Gasteiger partial charge is 0.496 e. The number of carbonyl (C=O) groups excluding carboxylic acids is 1. The molecule has 1 fully saturated rings. The summed E-state index contributed by atoms with van der Waals surface area (Å²) in [4.78, 5) is 11.7. The molecule has 0 radical (unpaired) electrons. The van der Waals surface area contributed by atoms with Gasteiger partial charge in [-0.15, -0.1) is 0 Å². The Balaban J connectivity index is 1.77. The van der Waals surface area contributed by atoms with E-state index in [4.69, 9.17) is 21.7 Å². The van der Waals surface area contributed by atoms with Crippen LogP contribution in [0.15, 0.2) is 47.6 Å². The first-order valence-electron chi connectivity index (χ1n) is 7.97. The van der Waals surface area contributed by atoms with Gasteiger partial charge >= 0.3 is 0 Å². The number of aryl methyl sites for hydroxylation is 1. The van der Waals surface area contributed by atoms with Crippen LogP contribution < -0.4 is 9.47 Å². The second kappa shape index (κ2) is 8.33. The van der Waals surface area contributed by atoms with E-state index in [0.29, 0.717) is 16.7 Å². The highest BCUT2D eigenvalue weighted by molar-refractivity contribution is 8.23. The number of thioether (sulfide) groups is 1. The lowest BCUT2D eigenvalue weighted by Gasteiger charge is -2.13. The lowest BCUT2D eigenvalue weighted by molar-refractivity contribution is -0.123. The molecule has 0 aromatic heterocycles. The molecule has 5 nitrogen and oxygen atoms in total. The number of thiocarbonyl (C=S) groups is 1. The molecule has 2 aromatic carbocycles. The van der Waals surface area contributed by atoms with Crippen LogP contribution in [0.4, 0.5) is 0 Å². The first kappa shape index (κ1) is 18.4. The van der Waals surface area contributed by atoms with Crippen molar-refractivity contribution in [1.82, 2.24) is 5.01 Å². The first-order valence-corrected chi connectivity index (χ1v) is 9.37. The minimum atomic E-state index is -0.104. The third kappa shape index (κ3) is 4.23. The van der Waals surface area contributed by atoms with Gasteiger partial charge in [0.05, 0.1) is 19.1 Å². The van der Waals surface area contributed by atoms with Gasteiger partial charge in [-0.25, -0.2) is 0 Å². The van der Waals surface area contributed by atoms with E-state index in [-0.39, 0.29) is 5.91 Å². The molecule has 26 heavy (non-hydrogen) atoms. The van der Waals surface area contributed by atoms with Crippen molar-refractivity contribution in [3.05, 3.63) is 59.2 Å². The molecule has 1 saturated heterocycles. The van der Waals surface area contributed by atoms with Crippen molar-refractivity contribution < 1.29 is 14.3 Å². The predicted octanol–water partition coefficient (Wildman–Crippen LogP) is 3.78. The standard InChI is InChI=1S/C19H18N2O3S2/c1-13-5-3-4-6-16(13)24-11-15-9-14(7-8-17(15)23-2)10-20-21-18(22)12-26-19(21)25/h3-10H,11-12H2,1-2H3/b20-10-. The molecule has 1 aliphatic heterocycles. The Morgan fingerprint density at radius 3 is 2.77 bits per heavy atom. The summed E-state index contributed by atoms with van der Waals surface area (Å²) in [5.74, 6) is 1.81. The summed E-state index contributed by atoms with van der Waals surface area (Å²) in [6.45, 7) is 2.37. The fourth-order valence-electron chi connectivity index (χ4n) is 2.45. The zero-order chi connectivity index (χ0) is 18.5. The molecule has 0 bridgehead atoms. The fourth-order valence-corrected chi connectivity index (χ4v) is 3.42. The monoisotopic (exact) mass is 386 g/mol. The van der Waals surface area contributed by atoms with Gasteiger partial charge in [0.2, 0.25) is 0 Å². The molecule has 0 N–H and O–H groups in total. The maximum absolute atomic E-state index is 11.7. The number of hydrogen-bond acceptors (Lipinski definition) is 6. The predicted molar refractivity (Wildman–Crippen MR) is 108 cm³/mol. The van der Waals surface area contributed by atoms with Crippen molar-refractivity contribution in [2.24, 2.45) is 5.10 Å². The number of ether oxygens (including phenoxy) is 2. The number of hydrogen-bond donors (Lipinski definition) is 0. The van der Waals surface area contributed by atoms with E-state index in [1.807, 2.05) is 49.4 Å². The third-order valence-corrected chi connectivity index (χ3v) is 5.17. The van der Waals surface area contributed by atoms with Crippen LogP contribution in [0.25, 0.3) is 0 Å². The van der Waals surface area contributed by atoms with E-state index in [1.165, 1.54) is 16.8 Å². The quantitative estimate of drug-likeness (QED) is 0.559. The molecular formula is C19H18N2O3S2. The number of methoxy groups -OCH3 is 1. The average molecular weight is 386 g/mol. The maximum Gasteiger partial charge on any atom is 0.259 e. The highest BCUT2D eigenvalue weighted by atomic mass is 32.2. The molecule has 1 heterocycles. The van der Waals surface area contributed by atoms with Crippen LogP contribution in [0.1, 0.15) is 16.7 Å². The second-order valence-electron chi connectivity index (χ2n) is 5.63. The van der Waals surface area contributed by atoms with Crippen molar-refractivity contribution in [3.8, 4) is 11.5 Å². The molecule has 7 heteroatoms. The number of carbonyl (C=O) groups is 1. The van der Waals surface area contributed by atoms with Crippen molar-refractivity contribution >= 4 is 40.4 Å². The number of amides is 1. The van der Waals surface area contributed by atoms with Crippen LogP contribution >= 0.6 is 24.0 Å². The van der Waals surface area contributed by atoms with E-state index in [1.54, 1.807) is 13.3 Å². The number of benzene rings is 2. The Kier molecular flexibility index (Phi) is 5.90. The Bertz CT molecular complexity index is 852. The Morgan fingerprint density at radius 1 is 1.27 bits per heavy atom. The van der Waals surface area contributed by atoms with Gasteiger partial charge in [-0.2, -0.15) is 10.1 Å². The molecule has 0 atom stereocenters. The van der Waals surface area contributed by atoms with E-state index in [2.05, 4.69) is 5.10 Å². The van der Waals surface area contributed by atoms with Crippen LogP contribution in [-0.2, 0) is 11.4 Å². The van der Waals surface area contributed by atoms with Crippen LogP contribution in [0.5, 0.6) is 11.5 Å². The highest BCUT2D eigenvalue weighted by Gasteiger charge is 2.25. The highest BCUT2D eigenvalue weighted by Crippen LogP contribution is 2.24. The molecule has 134 valence electrons. The van der Waals surface area contributed by atoms with Crippen molar-refractivity contribution in [2.75, 3.05) is 12.9 Å². The lowest BCUT2D eigenvalue weighted by atomic mass is 10.1. The molecular weight excluding hydrogens is 368 g/mol. The van der Waals surface area contributed by atoms with E-state index >= 15 is 0 Å². The van der Waals surface area contributed by atoms with E-state index in [0.717, 1.165) is 28.2 Å². The van der Waals surface area contributed by atoms with Crippen LogP contribution in [0.2, 0.25) is 0 Å². The molecule has 1 aliphatic rings. The summed E-state index contributed by atoms with van der Waals surface area (Å²) in [5, 5.41) is 5.46. The van der Waals surface area contributed by atoms with Crippen LogP contribution in [0, 0.1) is 6.92 Å². The Labute approximate surface area is 162 Å². The maximum atomic E-state index is 11.7. The minimum Gasteiger partial charge on any atom is -0.496 e. The fraction of sp³-hybridized carbons (Fsp3) is 0.211. The molecule has 0 saturated carbocycles. The summed E-state index contributed by atoms with van der Waals surface area (Å²) < 4.78 is 11.8. The first-order chi connectivity index (χ1) is 12.6. The zero-order valence-corrected chi connectivity index (χ0v) is 16.1. The molecule has 0 aliphatic carbocycles. The zero-order valence-electron chi connectivity index (χ0n) is 14.5. The smallest absolute Gasteiger partial charge is 0.259 e. The van der Waals surface area contributed by atoms with Gasteiger partial charge in [0.15, 0.2) is 4.32 Å². The van der Waals surface area contributed by atoms with Gasteiger partial charge in [-0.05, 0) is 42.3 Å². The van der Waals surface area contributed by atoms with Gasteiger partial charge in [0.1, 0.15) is 18.1 Å². The molecule has 0 spiro atoms. The number of rotatable bonds is 6. The summed E-state index contributed by atoms with van der Waals surface area (Å²) in [6.07, 6.45) is 1.62. The topological polar surface area (TPSA) is 51.1 Å². The summed E-state index contributed by atoms with van der Waals surface area (Å²) in [7, 11) is 1.62. The summed E-state index contributed by atoms with van der Waals surface area (Å²) >= 11 is 6.44. The molecule has 3 rings (SSSR count). The van der Waals surface area contributed by atoms with E-state index in [9.17, 15) is 4.79 Å². The SMILES string of the molecule is COc1ccc(/C=N\N2C(=O)CSC2=S)cc1COc1ccccc1C. The molecule has 2 aromatic rings. The van der Waals surface area contributed by atoms with Gasteiger partial charge in [0, 0.05) is 5.56 Å². The summed E-state index contributed by atoms with van der Waals surface area (Å²) in [6, 6.07) is 13.5. The Hall–Kier alpha value is -2.38. The second-order valence-corrected chi connectivity index (χ2v) is 7.24. The number of nitrogens with zero attached hydrogens (tertiary/aromatic N) is 2. The van der Waals surface area contributed by atoms with Crippen LogP contribution in [-0.4, -0.2) is 34.3 Å². The third-order valence-electron chi connectivity index (χ3n) is 3.83. The Morgan fingerprint density at radius 2 is 2.08 bits per heavy atom. The lowest BCUT2D eigenvalue weighted by Crippen LogP contribution is -2.22. The van der Waals surface area contributed by atoms with Gasteiger partial charge < -0.3 is 9.47 Å². The number of para-hydroxylation sites is 1. The normalized spacial score (nSPS) is 14.3. The number of hydrazone groups is 1. The van der Waals surface area contributed by atoms with E-state index < -0.39 is 0 Å². The minimum absolute atomic E-state index is 0.104. The molecule has 0 unspecified atom stereocenters. The summed E-state index contributed by atoms with van der Waals surface area (Å²) in [5.41, 5.74) is 2.80. The van der Waals surface area contributed by atoms with Gasteiger partial charge in [-0.1, -0.05) is 42.2 Å². The van der Waals surface area contributed by atoms with Crippen LogP contribution in [0.3, 0.4) is 0 Å². The van der Waals surface area contributed by atoms with Crippen molar-refractivity contribution in [2.45, 2.75) is 13.5 Å². The van der Waals surface area contributed by atoms with Crippen molar-refractivity contribution in [3.63, 3.8) is 0 Å². The molecule has 1 amide bonds. The van der Waals surface area contributed by atoms with Crippen molar-refractivity contribution in [1.29, 1.82) is 0 Å². The average Bonchev–Trinajstić information content (AvgIpc) is 2.97. The van der Waals surface area contributed by atoms with Gasteiger partial charge in [-0.3, -0.25) is 4.79 Å².